The molecule has 1 aromatic carbocycles. The van der Waals surface area contributed by atoms with E-state index in [4.69, 9.17) is 4.74 Å². The van der Waals surface area contributed by atoms with Crippen molar-refractivity contribution >= 4 is 11.3 Å². The van der Waals surface area contributed by atoms with Crippen LogP contribution in [0.1, 0.15) is 36.3 Å². The Hall–Kier alpha value is -1.43. The summed E-state index contributed by atoms with van der Waals surface area (Å²) in [7, 11) is 0. The van der Waals surface area contributed by atoms with Crippen molar-refractivity contribution in [2.45, 2.75) is 44.2 Å². The first-order chi connectivity index (χ1) is 11.2. The summed E-state index contributed by atoms with van der Waals surface area (Å²) in [5, 5.41) is 17.0. The average Bonchev–Trinajstić information content (AvgIpc) is 3.24. The van der Waals surface area contributed by atoms with Crippen molar-refractivity contribution < 1.29 is 9.84 Å². The Morgan fingerprint density at radius 3 is 2.70 bits per heavy atom. The molecule has 2 aromatic rings. The largest absolute Gasteiger partial charge is 0.491 e. The molecule has 0 spiro atoms. The van der Waals surface area contributed by atoms with Crippen LogP contribution in [0.25, 0.3) is 0 Å². The highest BCUT2D eigenvalue weighted by Gasteiger charge is 2.37. The number of rotatable bonds is 7. The third-order valence-corrected chi connectivity index (χ3v) is 5.42. The Morgan fingerprint density at radius 2 is 2.04 bits per heavy atom. The van der Waals surface area contributed by atoms with Crippen molar-refractivity contribution in [3.8, 4) is 5.75 Å². The Labute approximate surface area is 141 Å². The zero-order valence-corrected chi connectivity index (χ0v) is 14.3. The lowest BCUT2D eigenvalue weighted by Gasteiger charge is -2.29. The number of aliphatic hydroxyl groups excluding tert-OH is 1. The molecule has 1 unspecified atom stereocenters. The fourth-order valence-electron chi connectivity index (χ4n) is 3.10. The third kappa shape index (κ3) is 4.10. The third-order valence-electron chi connectivity index (χ3n) is 4.44. The van der Waals surface area contributed by atoms with Gasteiger partial charge in [0, 0.05) is 18.1 Å². The first-order valence-corrected chi connectivity index (χ1v) is 9.08. The van der Waals surface area contributed by atoms with Gasteiger partial charge in [-0.1, -0.05) is 30.5 Å². The van der Waals surface area contributed by atoms with Crippen LogP contribution in [0.15, 0.2) is 35.8 Å². The number of benzene rings is 1. The van der Waals surface area contributed by atoms with Gasteiger partial charge < -0.3 is 15.2 Å². The summed E-state index contributed by atoms with van der Waals surface area (Å²) >= 11 is 1.70. The second-order valence-electron chi connectivity index (χ2n) is 6.29. The first kappa shape index (κ1) is 16.4. The van der Waals surface area contributed by atoms with Crippen LogP contribution in [-0.4, -0.2) is 29.3 Å². The van der Waals surface area contributed by atoms with Crippen molar-refractivity contribution in [1.29, 1.82) is 0 Å². The second-order valence-corrected chi connectivity index (χ2v) is 7.18. The molecule has 5 heteroatoms. The number of aliphatic hydroxyl groups is 1. The van der Waals surface area contributed by atoms with Gasteiger partial charge in [-0.2, -0.15) is 0 Å². The molecule has 0 radical (unpaired) electrons. The van der Waals surface area contributed by atoms with Crippen LogP contribution in [-0.2, 0) is 5.54 Å². The molecule has 2 N–H and O–H groups in total. The summed E-state index contributed by atoms with van der Waals surface area (Å²) in [6, 6.07) is 7.89. The smallest absolute Gasteiger partial charge is 0.119 e. The van der Waals surface area contributed by atoms with Gasteiger partial charge in [-0.15, -0.1) is 11.3 Å². The maximum absolute atomic E-state index is 10.2. The van der Waals surface area contributed by atoms with E-state index in [0.717, 1.165) is 23.6 Å². The standard InChI is InChI=1S/C18H24N2O2S/c1-14-4-6-16(7-5-14)22-13-15(21)12-20-18(8-2-3-9-18)17-19-10-11-23-17/h4-7,10-11,15,20-21H,2-3,8-9,12-13H2,1H3. The molecule has 124 valence electrons. The van der Waals surface area contributed by atoms with Crippen LogP contribution in [0.4, 0.5) is 0 Å². The van der Waals surface area contributed by atoms with E-state index in [2.05, 4.69) is 10.3 Å². The molecule has 0 saturated heterocycles. The minimum atomic E-state index is -0.534. The predicted molar refractivity (Wildman–Crippen MR) is 92.9 cm³/mol. The van der Waals surface area contributed by atoms with E-state index in [1.165, 1.54) is 18.4 Å². The summed E-state index contributed by atoms with van der Waals surface area (Å²) < 4.78 is 5.66. The molecule has 0 amide bonds. The number of ether oxygens (including phenoxy) is 1. The summed E-state index contributed by atoms with van der Waals surface area (Å²) in [5.41, 5.74) is 1.14. The van der Waals surface area contributed by atoms with Crippen molar-refractivity contribution in [2.24, 2.45) is 0 Å². The van der Waals surface area contributed by atoms with Crippen molar-refractivity contribution in [2.75, 3.05) is 13.2 Å². The minimum absolute atomic E-state index is 0.0565. The van der Waals surface area contributed by atoms with E-state index < -0.39 is 6.10 Å². The normalized spacial score (nSPS) is 18.0. The molecule has 1 saturated carbocycles. The fourth-order valence-corrected chi connectivity index (χ4v) is 3.98. The monoisotopic (exact) mass is 332 g/mol. The SMILES string of the molecule is Cc1ccc(OCC(O)CNC2(c3nccs3)CCCC2)cc1. The van der Waals surface area contributed by atoms with Crippen molar-refractivity contribution in [3.05, 3.63) is 46.4 Å². The number of aromatic nitrogens is 1. The Kier molecular flexibility index (Phi) is 5.30. The highest BCUT2D eigenvalue weighted by Crippen LogP contribution is 2.39. The van der Waals surface area contributed by atoms with E-state index in [1.807, 2.05) is 42.8 Å². The quantitative estimate of drug-likeness (QED) is 0.817. The van der Waals surface area contributed by atoms with E-state index >= 15 is 0 Å². The lowest BCUT2D eigenvalue weighted by atomic mass is 9.98. The van der Waals surface area contributed by atoms with Gasteiger partial charge in [0.1, 0.15) is 23.5 Å². The minimum Gasteiger partial charge on any atom is -0.491 e. The van der Waals surface area contributed by atoms with E-state index in [0.29, 0.717) is 13.2 Å². The lowest BCUT2D eigenvalue weighted by molar-refractivity contribution is 0.0962. The molecule has 4 nitrogen and oxygen atoms in total. The van der Waals surface area contributed by atoms with Crippen LogP contribution in [0.3, 0.4) is 0 Å². The van der Waals surface area contributed by atoms with Gasteiger partial charge in [0.25, 0.3) is 0 Å². The van der Waals surface area contributed by atoms with Gasteiger partial charge in [0.2, 0.25) is 0 Å². The molecular weight excluding hydrogens is 308 g/mol. The predicted octanol–water partition coefficient (Wildman–Crippen LogP) is 3.25. The number of nitrogens with one attached hydrogen (secondary N) is 1. The summed E-state index contributed by atoms with van der Waals surface area (Å²) in [6.07, 6.45) is 5.93. The van der Waals surface area contributed by atoms with Crippen LogP contribution in [0, 0.1) is 6.92 Å². The second kappa shape index (κ2) is 7.43. The van der Waals surface area contributed by atoms with Crippen LogP contribution in [0.5, 0.6) is 5.75 Å². The number of nitrogens with zero attached hydrogens (tertiary/aromatic N) is 1. The molecule has 3 rings (SSSR count). The molecule has 1 aliphatic rings. The van der Waals surface area contributed by atoms with Gasteiger partial charge in [-0.3, -0.25) is 0 Å². The van der Waals surface area contributed by atoms with Gasteiger partial charge in [-0.05, 0) is 31.9 Å². The molecule has 1 aliphatic carbocycles. The Balaban J connectivity index is 1.51. The lowest BCUT2D eigenvalue weighted by Crippen LogP contribution is -2.45. The molecule has 23 heavy (non-hydrogen) atoms. The van der Waals surface area contributed by atoms with Crippen molar-refractivity contribution in [1.82, 2.24) is 10.3 Å². The zero-order valence-electron chi connectivity index (χ0n) is 13.5. The number of aryl methyl sites for hydroxylation is 1. The average molecular weight is 332 g/mol. The maximum Gasteiger partial charge on any atom is 0.119 e. The fraction of sp³-hybridized carbons (Fsp3) is 0.500. The molecule has 0 bridgehead atoms. The van der Waals surface area contributed by atoms with Crippen molar-refractivity contribution in [3.63, 3.8) is 0 Å². The molecule has 1 heterocycles. The summed E-state index contributed by atoms with van der Waals surface area (Å²) in [4.78, 5) is 4.49. The van der Waals surface area contributed by atoms with Gasteiger partial charge in [-0.25, -0.2) is 4.98 Å². The molecule has 1 fully saturated rings. The zero-order chi connectivity index (χ0) is 16.1. The molecule has 1 atom stereocenters. The van der Waals surface area contributed by atoms with Crippen LogP contribution in [0.2, 0.25) is 0 Å². The molecular formula is C18H24N2O2S. The van der Waals surface area contributed by atoms with E-state index in [-0.39, 0.29) is 5.54 Å². The highest BCUT2D eigenvalue weighted by molar-refractivity contribution is 7.09. The number of hydrogen-bond donors (Lipinski definition) is 2. The van der Waals surface area contributed by atoms with Gasteiger partial charge in [0.05, 0.1) is 5.54 Å². The Bertz CT molecular complexity index is 592. The maximum atomic E-state index is 10.2. The van der Waals surface area contributed by atoms with Gasteiger partial charge in [0.15, 0.2) is 0 Å². The Morgan fingerprint density at radius 1 is 1.30 bits per heavy atom. The van der Waals surface area contributed by atoms with E-state index in [1.54, 1.807) is 11.3 Å². The first-order valence-electron chi connectivity index (χ1n) is 8.20. The van der Waals surface area contributed by atoms with Gasteiger partial charge >= 0.3 is 0 Å². The van der Waals surface area contributed by atoms with Crippen LogP contribution < -0.4 is 10.1 Å². The summed E-state index contributed by atoms with van der Waals surface area (Å²) in [5.74, 6) is 0.796. The molecule has 0 aliphatic heterocycles. The number of thiazole rings is 1. The molecule has 1 aromatic heterocycles. The van der Waals surface area contributed by atoms with Crippen LogP contribution >= 0.6 is 11.3 Å². The topological polar surface area (TPSA) is 54.4 Å². The highest BCUT2D eigenvalue weighted by atomic mass is 32.1. The number of hydrogen-bond acceptors (Lipinski definition) is 5. The van der Waals surface area contributed by atoms with E-state index in [9.17, 15) is 5.11 Å². The summed E-state index contributed by atoms with van der Waals surface area (Å²) in [6.45, 7) is 2.86.